The van der Waals surface area contributed by atoms with Crippen molar-refractivity contribution in [3.05, 3.63) is 24.3 Å². The van der Waals surface area contributed by atoms with Crippen molar-refractivity contribution in [3.63, 3.8) is 0 Å². The molecule has 0 radical (unpaired) electrons. The molecule has 1 aliphatic rings. The van der Waals surface area contributed by atoms with Crippen LogP contribution in [0.2, 0.25) is 0 Å². The van der Waals surface area contributed by atoms with Crippen molar-refractivity contribution in [1.82, 2.24) is 10.2 Å². The number of nitrogens with zero attached hydrogens (tertiary/aromatic N) is 1. The maximum atomic E-state index is 11.8. The lowest BCUT2D eigenvalue weighted by Crippen LogP contribution is -2.52. The Hall–Kier alpha value is -1.83. The summed E-state index contributed by atoms with van der Waals surface area (Å²) < 4.78 is 11.2. The van der Waals surface area contributed by atoms with Gasteiger partial charge >= 0.3 is 6.09 Å². The average Bonchev–Trinajstić information content (AvgIpc) is 2.67. The normalized spacial score (nSPS) is 16.4. The molecule has 0 saturated carbocycles. The minimum atomic E-state index is -0.724. The number of hydrogen-bond donors (Lipinski definition) is 3. The Balaban J connectivity index is 1.80. The van der Waals surface area contributed by atoms with Gasteiger partial charge in [0.05, 0.1) is 6.61 Å². The third kappa shape index (κ3) is 7.66. The van der Waals surface area contributed by atoms with Crippen molar-refractivity contribution in [2.75, 3.05) is 44.6 Å². The van der Waals surface area contributed by atoms with Crippen LogP contribution in [0.15, 0.2) is 24.3 Å². The summed E-state index contributed by atoms with van der Waals surface area (Å²) in [5, 5.41) is 16.6. The first-order valence-corrected chi connectivity index (χ1v) is 10.2. The van der Waals surface area contributed by atoms with Crippen molar-refractivity contribution in [2.24, 2.45) is 0 Å². The quantitative estimate of drug-likeness (QED) is 0.530. The zero-order valence-electron chi connectivity index (χ0n) is 17.4. The molecule has 3 N–H and O–H groups in total. The number of hydrogen-bond acceptors (Lipinski definition) is 6. The summed E-state index contributed by atoms with van der Waals surface area (Å²) in [6.07, 6.45) is 1.96. The zero-order chi connectivity index (χ0) is 20.4. The predicted molar refractivity (Wildman–Crippen MR) is 111 cm³/mol. The van der Waals surface area contributed by atoms with Gasteiger partial charge in [0.1, 0.15) is 17.5 Å². The Morgan fingerprint density at radius 2 is 1.93 bits per heavy atom. The molecule has 1 unspecified atom stereocenters. The van der Waals surface area contributed by atoms with Gasteiger partial charge in [0.2, 0.25) is 0 Å². The maximum Gasteiger partial charge on any atom is 0.411 e. The molecule has 0 aliphatic carbocycles. The number of piperazine rings is 1. The van der Waals surface area contributed by atoms with E-state index < -0.39 is 17.8 Å². The molecular weight excluding hydrogens is 358 g/mol. The maximum absolute atomic E-state index is 11.8. The van der Waals surface area contributed by atoms with Crippen molar-refractivity contribution < 1.29 is 19.4 Å². The second-order valence-corrected chi connectivity index (χ2v) is 7.76. The summed E-state index contributed by atoms with van der Waals surface area (Å²) in [5.74, 6) is 0.645. The Morgan fingerprint density at radius 3 is 2.57 bits per heavy atom. The SMILES string of the molecule is CCCCCOC(=O)Nc1ccc(OC(C)(C)C(O)CN2CCNCC2)cc1. The molecular formula is C21H35N3O4. The van der Waals surface area contributed by atoms with Gasteiger partial charge in [-0.15, -0.1) is 0 Å². The van der Waals surface area contributed by atoms with Gasteiger partial charge in [-0.05, 0) is 44.5 Å². The first kappa shape index (κ1) is 22.5. The molecule has 0 spiro atoms. The molecule has 1 aromatic carbocycles. The van der Waals surface area contributed by atoms with E-state index in [-0.39, 0.29) is 0 Å². The molecule has 1 atom stereocenters. The first-order valence-electron chi connectivity index (χ1n) is 10.2. The number of anilines is 1. The van der Waals surface area contributed by atoms with E-state index in [9.17, 15) is 9.90 Å². The molecule has 7 nitrogen and oxygen atoms in total. The van der Waals surface area contributed by atoms with E-state index in [1.807, 2.05) is 13.8 Å². The average molecular weight is 394 g/mol. The summed E-state index contributed by atoms with van der Waals surface area (Å²) in [6.45, 7) is 10.7. The molecule has 158 valence electrons. The Labute approximate surface area is 168 Å². The molecule has 0 bridgehead atoms. The standard InChI is InChI=1S/C21H35N3O4/c1-4-5-6-15-27-20(26)23-17-7-9-18(10-8-17)28-21(2,3)19(25)16-24-13-11-22-12-14-24/h7-10,19,22,25H,4-6,11-16H2,1-3H3,(H,23,26). The molecule has 7 heteroatoms. The lowest BCUT2D eigenvalue weighted by atomic mass is 10.0. The van der Waals surface area contributed by atoms with Gasteiger partial charge in [0, 0.05) is 38.4 Å². The molecule has 28 heavy (non-hydrogen) atoms. The fourth-order valence-corrected chi connectivity index (χ4v) is 3.01. The van der Waals surface area contributed by atoms with Crippen LogP contribution in [0, 0.1) is 0 Å². The van der Waals surface area contributed by atoms with E-state index >= 15 is 0 Å². The summed E-state index contributed by atoms with van der Waals surface area (Å²) in [7, 11) is 0. The largest absolute Gasteiger partial charge is 0.485 e. The van der Waals surface area contributed by atoms with Gasteiger partial charge in [-0.25, -0.2) is 4.79 Å². The molecule has 1 fully saturated rings. The number of aliphatic hydroxyl groups is 1. The van der Waals surface area contributed by atoms with Crippen LogP contribution in [-0.2, 0) is 4.74 Å². The van der Waals surface area contributed by atoms with Crippen LogP contribution < -0.4 is 15.4 Å². The molecule has 1 heterocycles. The molecule has 1 aromatic rings. The summed E-state index contributed by atoms with van der Waals surface area (Å²) >= 11 is 0. The fraction of sp³-hybridized carbons (Fsp3) is 0.667. The van der Waals surface area contributed by atoms with E-state index in [2.05, 4.69) is 22.5 Å². The van der Waals surface area contributed by atoms with Crippen molar-refractivity contribution in [2.45, 2.75) is 51.7 Å². The summed E-state index contributed by atoms with van der Waals surface area (Å²) in [6, 6.07) is 7.10. The third-order valence-electron chi connectivity index (χ3n) is 4.91. The summed E-state index contributed by atoms with van der Waals surface area (Å²) in [5.41, 5.74) is -0.0788. The van der Waals surface area contributed by atoms with Gasteiger partial charge in [0.25, 0.3) is 0 Å². The minimum absolute atomic E-state index is 0.431. The minimum Gasteiger partial charge on any atom is -0.485 e. The Kier molecular flexibility index (Phi) is 9.02. The number of carbonyl (C=O) groups is 1. The topological polar surface area (TPSA) is 83.1 Å². The van der Waals surface area contributed by atoms with E-state index in [1.165, 1.54) is 0 Å². The number of aliphatic hydroxyl groups excluding tert-OH is 1. The predicted octanol–water partition coefficient (Wildman–Crippen LogP) is 2.85. The van der Waals surface area contributed by atoms with Gasteiger partial charge in [0.15, 0.2) is 0 Å². The summed E-state index contributed by atoms with van der Waals surface area (Å²) in [4.78, 5) is 14.0. The second-order valence-electron chi connectivity index (χ2n) is 7.76. The van der Waals surface area contributed by atoms with Crippen LogP contribution in [0.25, 0.3) is 0 Å². The molecule has 1 aliphatic heterocycles. The zero-order valence-corrected chi connectivity index (χ0v) is 17.4. The van der Waals surface area contributed by atoms with Gasteiger partial charge in [-0.3, -0.25) is 10.2 Å². The number of β-amino-alcohol motifs (C(OH)–C–C–N with tert-alkyl or cyclic N) is 1. The third-order valence-corrected chi connectivity index (χ3v) is 4.91. The smallest absolute Gasteiger partial charge is 0.411 e. The van der Waals surface area contributed by atoms with Crippen LogP contribution in [-0.4, -0.2) is 67.1 Å². The van der Waals surface area contributed by atoms with Gasteiger partial charge < -0.3 is 19.9 Å². The number of unbranched alkanes of at least 4 members (excludes halogenated alkanes) is 2. The van der Waals surface area contributed by atoms with Crippen LogP contribution in [0.1, 0.15) is 40.0 Å². The molecule has 2 rings (SSSR count). The van der Waals surface area contributed by atoms with Crippen LogP contribution >= 0.6 is 0 Å². The monoisotopic (exact) mass is 393 g/mol. The van der Waals surface area contributed by atoms with Crippen molar-refractivity contribution >= 4 is 11.8 Å². The number of rotatable bonds is 10. The van der Waals surface area contributed by atoms with E-state index in [4.69, 9.17) is 9.47 Å². The molecule has 1 amide bonds. The highest BCUT2D eigenvalue weighted by atomic mass is 16.5. The number of benzene rings is 1. The Morgan fingerprint density at radius 1 is 1.25 bits per heavy atom. The van der Waals surface area contributed by atoms with Crippen LogP contribution in [0.5, 0.6) is 5.75 Å². The molecule has 1 saturated heterocycles. The van der Waals surface area contributed by atoms with Gasteiger partial charge in [-0.1, -0.05) is 19.8 Å². The van der Waals surface area contributed by atoms with Gasteiger partial charge in [-0.2, -0.15) is 0 Å². The lowest BCUT2D eigenvalue weighted by molar-refractivity contribution is -0.0455. The van der Waals surface area contributed by atoms with Crippen LogP contribution in [0.3, 0.4) is 0 Å². The van der Waals surface area contributed by atoms with E-state index in [0.29, 0.717) is 24.6 Å². The Bertz CT molecular complexity index is 586. The van der Waals surface area contributed by atoms with E-state index in [0.717, 1.165) is 45.4 Å². The number of carbonyl (C=O) groups excluding carboxylic acids is 1. The number of amides is 1. The number of ether oxygens (including phenoxy) is 2. The highest BCUT2D eigenvalue weighted by molar-refractivity contribution is 5.84. The fourth-order valence-electron chi connectivity index (χ4n) is 3.01. The second kappa shape index (κ2) is 11.2. The van der Waals surface area contributed by atoms with Crippen molar-refractivity contribution in [1.29, 1.82) is 0 Å². The highest BCUT2D eigenvalue weighted by Crippen LogP contribution is 2.24. The van der Waals surface area contributed by atoms with Crippen LogP contribution in [0.4, 0.5) is 10.5 Å². The highest BCUT2D eigenvalue weighted by Gasteiger charge is 2.31. The van der Waals surface area contributed by atoms with Crippen molar-refractivity contribution in [3.8, 4) is 5.75 Å². The van der Waals surface area contributed by atoms with E-state index in [1.54, 1.807) is 24.3 Å². The first-order chi connectivity index (χ1) is 13.4. The lowest BCUT2D eigenvalue weighted by Gasteiger charge is -2.36. The molecule has 0 aromatic heterocycles. The number of nitrogens with one attached hydrogen (secondary N) is 2.